The highest BCUT2D eigenvalue weighted by atomic mass is 32.2. The molecule has 0 fully saturated rings. The van der Waals surface area contributed by atoms with Crippen LogP contribution in [0.3, 0.4) is 0 Å². The number of pyridine rings is 1. The van der Waals surface area contributed by atoms with E-state index in [2.05, 4.69) is 10.3 Å². The van der Waals surface area contributed by atoms with E-state index in [-0.39, 0.29) is 4.90 Å². The van der Waals surface area contributed by atoms with Gasteiger partial charge in [-0.2, -0.15) is 4.39 Å². The zero-order valence-electron chi connectivity index (χ0n) is 10.3. The lowest BCUT2D eigenvalue weighted by atomic mass is 10.2. The van der Waals surface area contributed by atoms with Gasteiger partial charge in [-0.15, -0.1) is 0 Å². The highest BCUT2D eigenvalue weighted by Gasteiger charge is 2.05. The highest BCUT2D eigenvalue weighted by molar-refractivity contribution is 7.90. The first-order valence-corrected chi connectivity index (χ1v) is 7.49. The molecule has 6 heteroatoms. The molecule has 1 aromatic carbocycles. The van der Waals surface area contributed by atoms with Gasteiger partial charge in [0, 0.05) is 30.8 Å². The molecule has 0 aliphatic carbocycles. The Hall–Kier alpha value is -1.95. The second-order valence-electron chi connectivity index (χ2n) is 4.14. The molecule has 100 valence electrons. The lowest BCUT2D eigenvalue weighted by Crippen LogP contribution is -2.01. The summed E-state index contributed by atoms with van der Waals surface area (Å²) in [6.45, 7) is 0.480. The van der Waals surface area contributed by atoms with Crippen molar-refractivity contribution in [2.75, 3.05) is 11.6 Å². The minimum atomic E-state index is -3.17. The smallest absolute Gasteiger partial charge is 0.214 e. The number of rotatable bonds is 4. The Morgan fingerprint density at radius 1 is 1.21 bits per heavy atom. The van der Waals surface area contributed by atoms with Crippen LogP contribution < -0.4 is 5.32 Å². The molecule has 0 saturated carbocycles. The van der Waals surface area contributed by atoms with Crippen molar-refractivity contribution in [3.8, 4) is 0 Å². The van der Waals surface area contributed by atoms with Crippen molar-refractivity contribution >= 4 is 15.5 Å². The number of nitrogens with zero attached hydrogens (tertiary/aromatic N) is 1. The van der Waals surface area contributed by atoms with Gasteiger partial charge in [0.1, 0.15) is 0 Å². The summed E-state index contributed by atoms with van der Waals surface area (Å²) in [4.78, 5) is 3.74. The normalized spacial score (nSPS) is 11.3. The number of nitrogens with one attached hydrogen (secondary N) is 1. The molecule has 2 rings (SSSR count). The van der Waals surface area contributed by atoms with Gasteiger partial charge in [0.05, 0.1) is 4.90 Å². The highest BCUT2D eigenvalue weighted by Crippen LogP contribution is 2.12. The third kappa shape index (κ3) is 3.75. The van der Waals surface area contributed by atoms with Gasteiger partial charge in [-0.05, 0) is 23.8 Å². The third-order valence-electron chi connectivity index (χ3n) is 2.57. The molecule has 0 saturated heterocycles. The van der Waals surface area contributed by atoms with Crippen molar-refractivity contribution in [3.63, 3.8) is 0 Å². The predicted molar refractivity (Wildman–Crippen MR) is 71.1 cm³/mol. The number of hydrogen-bond acceptors (Lipinski definition) is 4. The van der Waals surface area contributed by atoms with Gasteiger partial charge in [-0.25, -0.2) is 13.4 Å². The van der Waals surface area contributed by atoms with Crippen molar-refractivity contribution in [3.05, 3.63) is 54.1 Å². The first kappa shape index (κ1) is 13.5. The fraction of sp³-hybridized carbons (Fsp3) is 0.154. The summed E-state index contributed by atoms with van der Waals surface area (Å²) in [7, 11) is -3.17. The van der Waals surface area contributed by atoms with E-state index in [9.17, 15) is 12.8 Å². The van der Waals surface area contributed by atoms with Gasteiger partial charge >= 0.3 is 0 Å². The first-order chi connectivity index (χ1) is 8.95. The zero-order chi connectivity index (χ0) is 13.9. The number of aromatic nitrogens is 1. The topological polar surface area (TPSA) is 59.1 Å². The van der Waals surface area contributed by atoms with E-state index in [1.807, 2.05) is 0 Å². The van der Waals surface area contributed by atoms with Crippen LogP contribution in [0.1, 0.15) is 5.56 Å². The van der Waals surface area contributed by atoms with Crippen LogP contribution in [0, 0.1) is 5.95 Å². The molecule has 2 aromatic rings. The summed E-state index contributed by atoms with van der Waals surface area (Å²) in [6, 6.07) is 9.51. The molecule has 0 spiro atoms. The largest absolute Gasteiger partial charge is 0.381 e. The van der Waals surface area contributed by atoms with Crippen molar-refractivity contribution in [1.82, 2.24) is 4.98 Å². The monoisotopic (exact) mass is 280 g/mol. The molecule has 1 N–H and O–H groups in total. The quantitative estimate of drug-likeness (QED) is 0.873. The number of anilines is 1. The van der Waals surface area contributed by atoms with Gasteiger partial charge in [-0.3, -0.25) is 0 Å². The van der Waals surface area contributed by atoms with Gasteiger partial charge < -0.3 is 5.32 Å². The maximum absolute atomic E-state index is 12.9. The Morgan fingerprint density at radius 2 is 1.89 bits per heavy atom. The molecular weight excluding hydrogens is 267 g/mol. The molecular formula is C13H13FN2O2S. The molecule has 0 bridgehead atoms. The zero-order valence-corrected chi connectivity index (χ0v) is 11.1. The second-order valence-corrected chi connectivity index (χ2v) is 6.15. The standard InChI is InChI=1S/C13H13FN2O2S/c1-19(17,18)12-4-2-10(3-5-12)9-16-11-6-7-15-13(14)8-11/h2-8H,9H2,1H3,(H,15,16). The molecule has 0 amide bonds. The summed E-state index contributed by atoms with van der Waals surface area (Å²) in [5.41, 5.74) is 1.53. The number of hydrogen-bond donors (Lipinski definition) is 1. The molecule has 1 heterocycles. The molecule has 1 aromatic heterocycles. The second kappa shape index (κ2) is 5.36. The lowest BCUT2D eigenvalue weighted by molar-refractivity contribution is 0.584. The molecule has 0 radical (unpaired) electrons. The van der Waals surface area contributed by atoms with E-state index in [1.54, 1.807) is 30.3 Å². The van der Waals surface area contributed by atoms with Crippen LogP contribution in [0.25, 0.3) is 0 Å². The van der Waals surface area contributed by atoms with Gasteiger partial charge in [0.25, 0.3) is 0 Å². The van der Waals surface area contributed by atoms with Crippen molar-refractivity contribution in [2.24, 2.45) is 0 Å². The molecule has 4 nitrogen and oxygen atoms in total. The average Bonchev–Trinajstić information content (AvgIpc) is 2.36. The van der Waals surface area contributed by atoms with Crippen LogP contribution in [0.2, 0.25) is 0 Å². The fourth-order valence-electron chi connectivity index (χ4n) is 1.57. The van der Waals surface area contributed by atoms with Crippen LogP contribution in [0.5, 0.6) is 0 Å². The Labute approximate surface area is 111 Å². The molecule has 0 unspecified atom stereocenters. The van der Waals surface area contributed by atoms with Crippen molar-refractivity contribution in [2.45, 2.75) is 11.4 Å². The summed E-state index contributed by atoms with van der Waals surface area (Å²) in [5, 5.41) is 3.03. The molecule has 0 atom stereocenters. The lowest BCUT2D eigenvalue weighted by Gasteiger charge is -2.07. The maximum Gasteiger partial charge on any atom is 0.214 e. The summed E-state index contributed by atoms with van der Waals surface area (Å²) >= 11 is 0. The van der Waals surface area contributed by atoms with Gasteiger partial charge in [0.2, 0.25) is 5.95 Å². The van der Waals surface area contributed by atoms with Crippen LogP contribution in [-0.4, -0.2) is 19.7 Å². The molecule has 19 heavy (non-hydrogen) atoms. The van der Waals surface area contributed by atoms with Gasteiger partial charge in [-0.1, -0.05) is 12.1 Å². The molecule has 0 aliphatic heterocycles. The number of halogens is 1. The van der Waals surface area contributed by atoms with E-state index in [1.165, 1.54) is 18.5 Å². The van der Waals surface area contributed by atoms with Crippen molar-refractivity contribution in [1.29, 1.82) is 0 Å². The number of benzene rings is 1. The van der Waals surface area contributed by atoms with E-state index < -0.39 is 15.8 Å². The first-order valence-electron chi connectivity index (χ1n) is 5.59. The molecule has 0 aliphatic rings. The maximum atomic E-state index is 12.9. The third-order valence-corrected chi connectivity index (χ3v) is 3.70. The Bertz CT molecular complexity index is 669. The minimum absolute atomic E-state index is 0.284. The van der Waals surface area contributed by atoms with Crippen LogP contribution in [0.4, 0.5) is 10.1 Å². The SMILES string of the molecule is CS(=O)(=O)c1ccc(CNc2ccnc(F)c2)cc1. The minimum Gasteiger partial charge on any atom is -0.381 e. The predicted octanol–water partition coefficient (Wildman–Crippen LogP) is 2.24. The summed E-state index contributed by atoms with van der Waals surface area (Å²) in [5.74, 6) is -0.544. The van der Waals surface area contributed by atoms with Crippen LogP contribution in [-0.2, 0) is 16.4 Å². The van der Waals surface area contributed by atoms with E-state index in [0.29, 0.717) is 12.2 Å². The van der Waals surface area contributed by atoms with Crippen molar-refractivity contribution < 1.29 is 12.8 Å². The Morgan fingerprint density at radius 3 is 2.47 bits per heavy atom. The van der Waals surface area contributed by atoms with E-state index >= 15 is 0 Å². The van der Waals surface area contributed by atoms with Gasteiger partial charge in [0.15, 0.2) is 9.84 Å². The Kier molecular flexibility index (Phi) is 3.80. The van der Waals surface area contributed by atoms with Crippen LogP contribution in [0.15, 0.2) is 47.5 Å². The van der Waals surface area contributed by atoms with E-state index in [4.69, 9.17) is 0 Å². The average molecular weight is 280 g/mol. The summed E-state index contributed by atoms with van der Waals surface area (Å²) < 4.78 is 35.5. The summed E-state index contributed by atoms with van der Waals surface area (Å²) in [6.07, 6.45) is 2.55. The Balaban J connectivity index is 2.05. The fourth-order valence-corrected chi connectivity index (χ4v) is 2.20. The van der Waals surface area contributed by atoms with Crippen LogP contribution >= 0.6 is 0 Å². The van der Waals surface area contributed by atoms with E-state index in [0.717, 1.165) is 5.56 Å². The number of sulfone groups is 1.